The summed E-state index contributed by atoms with van der Waals surface area (Å²) < 4.78 is 18.6. The Labute approximate surface area is 161 Å². The third kappa shape index (κ3) is 5.50. The van der Waals surface area contributed by atoms with Crippen LogP contribution >= 0.6 is 0 Å². The number of ether oxygens (including phenoxy) is 3. The molecule has 4 nitrogen and oxygen atoms in total. The van der Waals surface area contributed by atoms with Crippen molar-refractivity contribution in [1.82, 2.24) is 0 Å². The van der Waals surface area contributed by atoms with Crippen LogP contribution in [-0.4, -0.2) is 36.1 Å². The molecule has 0 saturated carbocycles. The van der Waals surface area contributed by atoms with Crippen LogP contribution in [0.3, 0.4) is 0 Å². The first kappa shape index (κ1) is 19.8. The van der Waals surface area contributed by atoms with Crippen molar-refractivity contribution in [3.05, 3.63) is 83.9 Å². The van der Waals surface area contributed by atoms with Crippen LogP contribution in [0, 0.1) is 0 Å². The van der Waals surface area contributed by atoms with E-state index in [1.54, 1.807) is 0 Å². The molecule has 1 aliphatic heterocycles. The summed E-state index contributed by atoms with van der Waals surface area (Å²) in [6.45, 7) is 3.02. The summed E-state index contributed by atoms with van der Waals surface area (Å²) in [5.41, 5.74) is 2.22. The van der Waals surface area contributed by atoms with E-state index in [1.165, 1.54) is 0 Å². The second-order valence-electron chi connectivity index (χ2n) is 6.70. The lowest BCUT2D eigenvalue weighted by molar-refractivity contribution is -0.0781. The molecule has 0 aromatic heterocycles. The van der Waals surface area contributed by atoms with Crippen LogP contribution < -0.4 is 0 Å². The minimum absolute atomic E-state index is 0.0594. The van der Waals surface area contributed by atoms with Crippen LogP contribution in [0.15, 0.2) is 72.8 Å². The third-order valence-corrected chi connectivity index (χ3v) is 4.71. The van der Waals surface area contributed by atoms with Gasteiger partial charge in [0.2, 0.25) is 0 Å². The molecule has 4 heteroatoms. The molecule has 1 N–H and O–H groups in total. The van der Waals surface area contributed by atoms with E-state index in [1.807, 2.05) is 79.7 Å². The van der Waals surface area contributed by atoms with Crippen molar-refractivity contribution in [1.29, 1.82) is 0 Å². The molecule has 1 saturated heterocycles. The number of aliphatic hydroxyl groups excluding tert-OH is 1. The average molecular weight is 368 g/mol. The van der Waals surface area contributed by atoms with Crippen LogP contribution in [0.5, 0.6) is 0 Å². The molecule has 3 rings (SSSR count). The van der Waals surface area contributed by atoms with Gasteiger partial charge in [0, 0.05) is 6.61 Å². The van der Waals surface area contributed by atoms with Gasteiger partial charge in [0.25, 0.3) is 0 Å². The highest BCUT2D eigenvalue weighted by Crippen LogP contribution is 2.31. The summed E-state index contributed by atoms with van der Waals surface area (Å²) >= 11 is 0. The van der Waals surface area contributed by atoms with Crippen LogP contribution in [-0.2, 0) is 27.4 Å². The Morgan fingerprint density at radius 2 is 1.44 bits per heavy atom. The predicted molar refractivity (Wildman–Crippen MR) is 105 cm³/mol. The largest absolute Gasteiger partial charge is 0.396 e. The van der Waals surface area contributed by atoms with Crippen molar-refractivity contribution in [2.24, 2.45) is 0 Å². The quantitative estimate of drug-likeness (QED) is 0.683. The summed E-state index contributed by atoms with van der Waals surface area (Å²) in [5.74, 6) is 0. The van der Waals surface area contributed by atoms with Gasteiger partial charge in [-0.15, -0.1) is 0 Å². The molecular weight excluding hydrogens is 340 g/mol. The predicted octanol–water partition coefficient (Wildman–Crippen LogP) is 3.88. The highest BCUT2D eigenvalue weighted by molar-refractivity contribution is 5.15. The second kappa shape index (κ2) is 10.4. The highest BCUT2D eigenvalue weighted by Gasteiger charge is 2.44. The third-order valence-electron chi connectivity index (χ3n) is 4.71. The van der Waals surface area contributed by atoms with Crippen LogP contribution in [0.4, 0.5) is 0 Å². The summed E-state index contributed by atoms with van der Waals surface area (Å²) in [4.78, 5) is 0. The van der Waals surface area contributed by atoms with Crippen molar-refractivity contribution in [3.8, 4) is 0 Å². The topological polar surface area (TPSA) is 47.9 Å². The van der Waals surface area contributed by atoms with Gasteiger partial charge >= 0.3 is 0 Å². The first-order valence-corrected chi connectivity index (χ1v) is 9.52. The number of hydrogen-bond acceptors (Lipinski definition) is 4. The summed E-state index contributed by atoms with van der Waals surface area (Å²) in [6, 6.07) is 20.2. The zero-order valence-electron chi connectivity index (χ0n) is 15.7. The van der Waals surface area contributed by atoms with Gasteiger partial charge < -0.3 is 19.3 Å². The fourth-order valence-corrected chi connectivity index (χ4v) is 3.38. The van der Waals surface area contributed by atoms with Gasteiger partial charge in [-0.05, 0) is 24.5 Å². The van der Waals surface area contributed by atoms with Crippen molar-refractivity contribution < 1.29 is 19.3 Å². The lowest BCUT2D eigenvalue weighted by atomic mass is 10.0. The average Bonchev–Trinajstić information content (AvgIpc) is 3.03. The number of allylic oxidation sites excluding steroid dienone is 1. The van der Waals surface area contributed by atoms with E-state index >= 15 is 0 Å². The van der Waals surface area contributed by atoms with Crippen LogP contribution in [0.1, 0.15) is 24.5 Å². The molecule has 0 spiro atoms. The maximum absolute atomic E-state index is 9.45. The van der Waals surface area contributed by atoms with Gasteiger partial charge in [0.1, 0.15) is 18.3 Å². The number of rotatable bonds is 9. The number of hydrogen-bond donors (Lipinski definition) is 1. The summed E-state index contributed by atoms with van der Waals surface area (Å²) in [6.07, 6.45) is 3.67. The molecule has 2 aromatic rings. The van der Waals surface area contributed by atoms with E-state index < -0.39 is 0 Å². The van der Waals surface area contributed by atoms with Gasteiger partial charge in [-0.25, -0.2) is 0 Å². The van der Waals surface area contributed by atoms with Gasteiger partial charge in [0.05, 0.1) is 19.3 Å². The maximum atomic E-state index is 9.45. The molecule has 1 fully saturated rings. The fraction of sp³-hybridized carbons (Fsp3) is 0.391. The monoisotopic (exact) mass is 368 g/mol. The van der Waals surface area contributed by atoms with E-state index in [0.29, 0.717) is 19.6 Å². The molecule has 0 aliphatic carbocycles. The Morgan fingerprint density at radius 1 is 0.889 bits per heavy atom. The van der Waals surface area contributed by atoms with Crippen molar-refractivity contribution >= 4 is 0 Å². The lowest BCUT2D eigenvalue weighted by Crippen LogP contribution is -2.37. The molecule has 2 aromatic carbocycles. The molecule has 1 aliphatic rings. The minimum atomic E-state index is -0.234. The number of aliphatic hydroxyl groups is 1. The van der Waals surface area contributed by atoms with E-state index in [4.69, 9.17) is 14.2 Å². The lowest BCUT2D eigenvalue weighted by Gasteiger charge is -2.24. The van der Waals surface area contributed by atoms with Gasteiger partial charge in [-0.1, -0.05) is 72.8 Å². The fourth-order valence-electron chi connectivity index (χ4n) is 3.38. The van der Waals surface area contributed by atoms with Crippen LogP contribution in [0.25, 0.3) is 0 Å². The van der Waals surface area contributed by atoms with Gasteiger partial charge in [0.15, 0.2) is 0 Å². The van der Waals surface area contributed by atoms with Crippen molar-refractivity contribution in [2.75, 3.05) is 6.61 Å². The standard InChI is InChI=1S/C23H28O4/c1-2-9-20-22(25-16-18-10-5-3-6-11-18)23(21(27-20)14-15-24)26-17-19-12-7-4-8-13-19/h2-13,20-24H,14-17H2,1H3/b9-2+/t20-,21+,22+,23+/m1/s1. The van der Waals surface area contributed by atoms with E-state index in [9.17, 15) is 5.11 Å². The summed E-state index contributed by atoms with van der Waals surface area (Å²) in [5, 5.41) is 9.45. The zero-order valence-corrected chi connectivity index (χ0v) is 15.7. The number of benzene rings is 2. The molecule has 1 heterocycles. The van der Waals surface area contributed by atoms with E-state index in [-0.39, 0.29) is 31.0 Å². The van der Waals surface area contributed by atoms with Crippen molar-refractivity contribution in [2.45, 2.75) is 51.0 Å². The Kier molecular flexibility index (Phi) is 7.60. The molecular formula is C23H28O4. The Morgan fingerprint density at radius 3 is 1.96 bits per heavy atom. The molecule has 27 heavy (non-hydrogen) atoms. The first-order chi connectivity index (χ1) is 13.3. The maximum Gasteiger partial charge on any atom is 0.116 e. The van der Waals surface area contributed by atoms with E-state index in [0.717, 1.165) is 11.1 Å². The Hall–Kier alpha value is -1.98. The molecule has 0 unspecified atom stereocenters. The molecule has 0 bridgehead atoms. The minimum Gasteiger partial charge on any atom is -0.396 e. The smallest absolute Gasteiger partial charge is 0.116 e. The Bertz CT molecular complexity index is 686. The van der Waals surface area contributed by atoms with Gasteiger partial charge in [-0.3, -0.25) is 0 Å². The SMILES string of the molecule is C/C=C/[C@H]1O[C@@H](CCO)[C@H](OCc2ccccc2)[C@H]1OCc1ccccc1. The Balaban J connectivity index is 1.72. The summed E-state index contributed by atoms with van der Waals surface area (Å²) in [7, 11) is 0. The molecule has 0 radical (unpaired) electrons. The molecule has 4 atom stereocenters. The normalized spacial score (nSPS) is 25.3. The van der Waals surface area contributed by atoms with E-state index in [2.05, 4.69) is 0 Å². The first-order valence-electron chi connectivity index (χ1n) is 9.52. The highest BCUT2D eigenvalue weighted by atomic mass is 16.6. The molecule has 0 amide bonds. The van der Waals surface area contributed by atoms with Crippen molar-refractivity contribution in [3.63, 3.8) is 0 Å². The molecule has 144 valence electrons. The zero-order chi connectivity index (χ0) is 18.9. The second-order valence-corrected chi connectivity index (χ2v) is 6.70. The van der Waals surface area contributed by atoms with Gasteiger partial charge in [-0.2, -0.15) is 0 Å². The van der Waals surface area contributed by atoms with Crippen LogP contribution in [0.2, 0.25) is 0 Å².